The van der Waals surface area contributed by atoms with E-state index >= 15 is 4.39 Å². The van der Waals surface area contributed by atoms with E-state index in [9.17, 15) is 0 Å². The molecule has 2 N–H and O–H groups in total. The van der Waals surface area contributed by atoms with Crippen LogP contribution in [0.5, 0.6) is 5.75 Å². The first kappa shape index (κ1) is 17.4. The number of hydrogen-bond donors (Lipinski definition) is 1. The summed E-state index contributed by atoms with van der Waals surface area (Å²) in [6.45, 7) is 0.158. The highest BCUT2D eigenvalue weighted by atomic mass is 32.1. The van der Waals surface area contributed by atoms with E-state index in [1.54, 1.807) is 47.8 Å². The number of halogens is 1. The van der Waals surface area contributed by atoms with Crippen LogP contribution in [0.3, 0.4) is 0 Å². The molecule has 3 heterocycles. The van der Waals surface area contributed by atoms with Crippen LogP contribution in [0.4, 0.5) is 10.2 Å². The van der Waals surface area contributed by atoms with E-state index in [1.165, 1.54) is 17.7 Å². The van der Waals surface area contributed by atoms with Crippen molar-refractivity contribution in [3.63, 3.8) is 0 Å². The quantitative estimate of drug-likeness (QED) is 0.487. The highest BCUT2D eigenvalue weighted by Gasteiger charge is 2.18. The number of anilines is 1. The second-order valence-corrected chi connectivity index (χ2v) is 7.20. The molecule has 0 aliphatic carbocycles. The van der Waals surface area contributed by atoms with Gasteiger partial charge in [0.05, 0.1) is 26.6 Å². The second kappa shape index (κ2) is 6.74. The minimum Gasteiger partial charge on any atom is -0.485 e. The average molecular weight is 407 g/mol. The van der Waals surface area contributed by atoms with E-state index in [2.05, 4.69) is 25.0 Å². The van der Waals surface area contributed by atoms with Crippen molar-refractivity contribution in [1.82, 2.24) is 29.7 Å². The molecule has 0 unspecified atom stereocenters. The minimum absolute atomic E-state index is 0.158. The summed E-state index contributed by atoms with van der Waals surface area (Å²) in [5, 5.41) is 4.71. The zero-order valence-corrected chi connectivity index (χ0v) is 16.0. The normalized spacial score (nSPS) is 11.4. The molecule has 5 aromatic rings. The summed E-state index contributed by atoms with van der Waals surface area (Å²) in [5.74, 6) is 0.922. The molecule has 0 aliphatic rings. The van der Waals surface area contributed by atoms with Gasteiger partial charge in [0.15, 0.2) is 11.6 Å². The summed E-state index contributed by atoms with van der Waals surface area (Å²) >= 11 is 1.26. The number of ether oxygens (including phenoxy) is 1. The number of nitrogen functional groups attached to an aromatic ring is 1. The molecule has 0 bridgehead atoms. The smallest absolute Gasteiger partial charge is 0.188 e. The van der Waals surface area contributed by atoms with Crippen molar-refractivity contribution in [2.45, 2.75) is 6.61 Å². The van der Waals surface area contributed by atoms with Crippen LogP contribution in [0.15, 0.2) is 42.4 Å². The van der Waals surface area contributed by atoms with Crippen LogP contribution in [0.2, 0.25) is 0 Å². The molecule has 2 aromatic carbocycles. The standard InChI is InChI=1S/C19H14FN7OS/c1-27-8-24-14(26-27)6-28-13-5-3-11(17-15(13)19(21)23-7-22-17)10-2-4-12-18(16(10)20)29-9-25-12/h2-5,7-9H,6H2,1H3,(H2,21,22,23). The summed E-state index contributed by atoms with van der Waals surface area (Å²) in [6, 6.07) is 6.98. The third kappa shape index (κ3) is 2.93. The number of hydrogen-bond acceptors (Lipinski definition) is 8. The molecule has 3 aromatic heterocycles. The molecular weight excluding hydrogens is 393 g/mol. The molecule has 10 heteroatoms. The Bertz CT molecular complexity index is 1360. The van der Waals surface area contributed by atoms with Crippen LogP contribution >= 0.6 is 11.3 Å². The number of benzene rings is 2. The Morgan fingerprint density at radius 1 is 1.10 bits per heavy atom. The predicted molar refractivity (Wildman–Crippen MR) is 108 cm³/mol. The molecule has 0 saturated carbocycles. The SMILES string of the molecule is Cn1cnc(COc2ccc(-c3ccc4ncsc4c3F)c3ncnc(N)c23)n1. The van der Waals surface area contributed by atoms with Gasteiger partial charge < -0.3 is 10.5 Å². The maximum atomic E-state index is 15.1. The highest BCUT2D eigenvalue weighted by molar-refractivity contribution is 7.16. The Morgan fingerprint density at radius 3 is 2.79 bits per heavy atom. The summed E-state index contributed by atoms with van der Waals surface area (Å²) in [6.07, 6.45) is 2.95. The van der Waals surface area contributed by atoms with Crippen LogP contribution in [-0.2, 0) is 13.7 Å². The molecule has 0 amide bonds. The van der Waals surface area contributed by atoms with Crippen LogP contribution in [0, 0.1) is 5.82 Å². The Balaban J connectivity index is 1.64. The van der Waals surface area contributed by atoms with Crippen molar-refractivity contribution in [3.05, 3.63) is 54.1 Å². The van der Waals surface area contributed by atoms with Gasteiger partial charge in [-0.15, -0.1) is 11.3 Å². The van der Waals surface area contributed by atoms with Gasteiger partial charge in [-0.3, -0.25) is 4.68 Å². The van der Waals surface area contributed by atoms with E-state index in [1.807, 2.05) is 0 Å². The lowest BCUT2D eigenvalue weighted by atomic mass is 10.0. The molecule has 0 aliphatic heterocycles. The highest BCUT2D eigenvalue weighted by Crippen LogP contribution is 2.38. The lowest BCUT2D eigenvalue weighted by molar-refractivity contribution is 0.299. The van der Waals surface area contributed by atoms with Gasteiger partial charge in [0.1, 0.15) is 30.8 Å². The molecular formula is C19H14FN7OS. The van der Waals surface area contributed by atoms with E-state index < -0.39 is 0 Å². The summed E-state index contributed by atoms with van der Waals surface area (Å²) < 4.78 is 23.1. The largest absolute Gasteiger partial charge is 0.485 e. The molecule has 144 valence electrons. The molecule has 29 heavy (non-hydrogen) atoms. The van der Waals surface area contributed by atoms with Crippen molar-refractivity contribution in [2.24, 2.45) is 7.05 Å². The zero-order valence-electron chi connectivity index (χ0n) is 15.2. The van der Waals surface area contributed by atoms with Gasteiger partial charge in [-0.05, 0) is 24.3 Å². The number of nitrogens with zero attached hydrogens (tertiary/aromatic N) is 6. The van der Waals surface area contributed by atoms with Crippen molar-refractivity contribution in [1.29, 1.82) is 0 Å². The molecule has 0 spiro atoms. The van der Waals surface area contributed by atoms with Gasteiger partial charge >= 0.3 is 0 Å². The maximum absolute atomic E-state index is 15.1. The number of fused-ring (bicyclic) bond motifs is 2. The first-order chi connectivity index (χ1) is 14.1. The number of nitrogens with two attached hydrogens (primary N) is 1. The predicted octanol–water partition coefficient (Wildman–Crippen LogP) is 3.34. The summed E-state index contributed by atoms with van der Waals surface area (Å²) in [5.41, 5.74) is 9.89. The Labute approximate surface area is 167 Å². The van der Waals surface area contributed by atoms with Gasteiger partial charge in [0.2, 0.25) is 0 Å². The average Bonchev–Trinajstić information content (AvgIpc) is 3.36. The second-order valence-electron chi connectivity index (χ2n) is 6.34. The van der Waals surface area contributed by atoms with Crippen molar-refractivity contribution in [3.8, 4) is 16.9 Å². The van der Waals surface area contributed by atoms with E-state index in [0.29, 0.717) is 43.8 Å². The molecule has 0 radical (unpaired) electrons. The van der Waals surface area contributed by atoms with E-state index in [0.717, 1.165) is 0 Å². The molecule has 0 atom stereocenters. The fourth-order valence-electron chi connectivity index (χ4n) is 3.20. The minimum atomic E-state index is -0.338. The monoisotopic (exact) mass is 407 g/mol. The third-order valence-electron chi connectivity index (χ3n) is 4.51. The lowest BCUT2D eigenvalue weighted by Gasteiger charge is -2.13. The van der Waals surface area contributed by atoms with Crippen molar-refractivity contribution in [2.75, 3.05) is 5.73 Å². The van der Waals surface area contributed by atoms with Gasteiger partial charge in [0, 0.05) is 18.2 Å². The van der Waals surface area contributed by atoms with Crippen LogP contribution in [-0.4, -0.2) is 29.7 Å². The number of aryl methyl sites for hydroxylation is 1. The van der Waals surface area contributed by atoms with Crippen molar-refractivity contribution < 1.29 is 9.13 Å². The fraction of sp³-hybridized carbons (Fsp3) is 0.105. The van der Waals surface area contributed by atoms with Gasteiger partial charge in [-0.2, -0.15) is 5.10 Å². The third-order valence-corrected chi connectivity index (χ3v) is 5.35. The van der Waals surface area contributed by atoms with Crippen LogP contribution < -0.4 is 10.5 Å². The number of thiazole rings is 1. The Hall–Kier alpha value is -3.66. The van der Waals surface area contributed by atoms with Crippen LogP contribution in [0.1, 0.15) is 5.82 Å². The van der Waals surface area contributed by atoms with E-state index in [-0.39, 0.29) is 18.2 Å². The van der Waals surface area contributed by atoms with Crippen LogP contribution in [0.25, 0.3) is 32.2 Å². The number of aromatic nitrogens is 6. The lowest BCUT2D eigenvalue weighted by Crippen LogP contribution is -2.02. The number of rotatable bonds is 4. The van der Waals surface area contributed by atoms with Crippen molar-refractivity contribution >= 4 is 38.3 Å². The van der Waals surface area contributed by atoms with Gasteiger partial charge in [-0.25, -0.2) is 24.3 Å². The molecule has 0 fully saturated rings. The first-order valence-electron chi connectivity index (χ1n) is 8.64. The topological polar surface area (TPSA) is 105 Å². The maximum Gasteiger partial charge on any atom is 0.188 e. The summed E-state index contributed by atoms with van der Waals surface area (Å²) in [7, 11) is 1.78. The Morgan fingerprint density at radius 2 is 1.97 bits per heavy atom. The molecule has 5 rings (SSSR count). The summed E-state index contributed by atoms with van der Waals surface area (Å²) in [4.78, 5) is 16.7. The van der Waals surface area contributed by atoms with E-state index in [4.69, 9.17) is 10.5 Å². The zero-order chi connectivity index (χ0) is 20.0. The first-order valence-corrected chi connectivity index (χ1v) is 9.52. The Kier molecular flexibility index (Phi) is 4.06. The van der Waals surface area contributed by atoms with Gasteiger partial charge in [-0.1, -0.05) is 0 Å². The fourth-order valence-corrected chi connectivity index (χ4v) is 3.93. The molecule has 8 nitrogen and oxygen atoms in total. The van der Waals surface area contributed by atoms with Gasteiger partial charge in [0.25, 0.3) is 0 Å². The molecule has 0 saturated heterocycles.